The van der Waals surface area contributed by atoms with Crippen LogP contribution in [0.15, 0.2) is 5.51 Å². The molecule has 3 nitrogen and oxygen atoms in total. The van der Waals surface area contributed by atoms with E-state index in [1.54, 1.807) is 16.8 Å². The van der Waals surface area contributed by atoms with E-state index in [1.807, 2.05) is 0 Å². The predicted octanol–water partition coefficient (Wildman–Crippen LogP) is 3.31. The maximum atomic E-state index is 4.02. The lowest BCUT2D eigenvalue weighted by molar-refractivity contribution is 0.319. The minimum Gasteiger partial charge on any atom is -0.357 e. The molecule has 1 aliphatic rings. The summed E-state index contributed by atoms with van der Waals surface area (Å²) in [5, 5.41) is 12.3. The SMILES string of the molecule is CCCC1CCC(Nc2nncs2)CC1. The van der Waals surface area contributed by atoms with Crippen LogP contribution in [0.25, 0.3) is 0 Å². The van der Waals surface area contributed by atoms with Gasteiger partial charge in [0, 0.05) is 6.04 Å². The Bertz CT molecular complexity index is 265. The van der Waals surface area contributed by atoms with Crippen LogP contribution in [0.1, 0.15) is 45.4 Å². The molecule has 0 saturated heterocycles. The van der Waals surface area contributed by atoms with Gasteiger partial charge in [0.05, 0.1) is 0 Å². The van der Waals surface area contributed by atoms with E-state index >= 15 is 0 Å². The largest absolute Gasteiger partial charge is 0.357 e. The summed E-state index contributed by atoms with van der Waals surface area (Å²) in [6, 6.07) is 0.631. The van der Waals surface area contributed by atoms with Gasteiger partial charge in [0.2, 0.25) is 5.13 Å². The quantitative estimate of drug-likeness (QED) is 0.854. The number of hydrogen-bond acceptors (Lipinski definition) is 4. The van der Waals surface area contributed by atoms with Crippen molar-refractivity contribution in [2.75, 3.05) is 5.32 Å². The van der Waals surface area contributed by atoms with Gasteiger partial charge in [-0.3, -0.25) is 0 Å². The minimum absolute atomic E-state index is 0.631. The van der Waals surface area contributed by atoms with Gasteiger partial charge in [-0.1, -0.05) is 31.1 Å². The van der Waals surface area contributed by atoms with E-state index in [0.29, 0.717) is 6.04 Å². The van der Waals surface area contributed by atoms with Crippen LogP contribution in [0.4, 0.5) is 5.13 Å². The molecular weight excluding hydrogens is 206 g/mol. The van der Waals surface area contributed by atoms with Crippen LogP contribution in [0.3, 0.4) is 0 Å². The lowest BCUT2D eigenvalue weighted by Gasteiger charge is -2.28. The highest BCUT2D eigenvalue weighted by molar-refractivity contribution is 7.13. The van der Waals surface area contributed by atoms with Gasteiger partial charge in [-0.05, 0) is 31.6 Å². The highest BCUT2D eigenvalue weighted by Crippen LogP contribution is 2.29. The van der Waals surface area contributed by atoms with Crippen LogP contribution < -0.4 is 5.32 Å². The second-order valence-corrected chi connectivity index (χ2v) is 5.23. The number of rotatable bonds is 4. The van der Waals surface area contributed by atoms with Crippen LogP contribution >= 0.6 is 11.3 Å². The monoisotopic (exact) mass is 225 g/mol. The van der Waals surface area contributed by atoms with Crippen molar-refractivity contribution < 1.29 is 0 Å². The molecule has 0 radical (unpaired) electrons. The van der Waals surface area contributed by atoms with Crippen molar-refractivity contribution in [2.24, 2.45) is 5.92 Å². The fraction of sp³-hybridized carbons (Fsp3) is 0.818. The van der Waals surface area contributed by atoms with Crippen LogP contribution in [0.5, 0.6) is 0 Å². The molecule has 0 aromatic carbocycles. The van der Waals surface area contributed by atoms with Crippen LogP contribution in [-0.2, 0) is 0 Å². The summed E-state index contributed by atoms with van der Waals surface area (Å²) in [5.74, 6) is 0.975. The van der Waals surface area contributed by atoms with E-state index < -0.39 is 0 Å². The Labute approximate surface area is 95.3 Å². The van der Waals surface area contributed by atoms with E-state index in [9.17, 15) is 0 Å². The van der Waals surface area contributed by atoms with Gasteiger partial charge in [0.25, 0.3) is 0 Å². The molecule has 84 valence electrons. The Kier molecular flexibility index (Phi) is 3.94. The third-order valence-corrected chi connectivity index (χ3v) is 3.85. The Morgan fingerprint density at radius 3 is 2.80 bits per heavy atom. The summed E-state index contributed by atoms with van der Waals surface area (Å²) in [6.07, 6.45) is 8.09. The molecule has 0 atom stereocenters. The van der Waals surface area contributed by atoms with Gasteiger partial charge in [0.15, 0.2) is 0 Å². The molecule has 0 unspecified atom stereocenters. The summed E-state index contributed by atoms with van der Waals surface area (Å²) in [7, 11) is 0. The topological polar surface area (TPSA) is 37.8 Å². The zero-order chi connectivity index (χ0) is 10.5. The molecule has 1 saturated carbocycles. The maximum Gasteiger partial charge on any atom is 0.205 e. The molecule has 0 spiro atoms. The first-order valence-electron chi connectivity index (χ1n) is 5.91. The Balaban J connectivity index is 1.74. The second-order valence-electron chi connectivity index (χ2n) is 4.39. The molecular formula is C11H19N3S. The number of hydrogen-bond donors (Lipinski definition) is 1. The molecule has 2 rings (SSSR count). The van der Waals surface area contributed by atoms with Crippen molar-refractivity contribution in [2.45, 2.75) is 51.5 Å². The van der Waals surface area contributed by atoms with Crippen molar-refractivity contribution in [3.8, 4) is 0 Å². The van der Waals surface area contributed by atoms with Gasteiger partial charge in [-0.15, -0.1) is 10.2 Å². The third kappa shape index (κ3) is 3.16. The summed E-state index contributed by atoms with van der Waals surface area (Å²) in [5.41, 5.74) is 1.78. The van der Waals surface area contributed by atoms with Crippen LogP contribution in [0.2, 0.25) is 0 Å². The molecule has 0 amide bonds. The smallest absolute Gasteiger partial charge is 0.205 e. The fourth-order valence-corrected chi connectivity index (χ4v) is 2.94. The molecule has 1 aliphatic carbocycles. The first-order chi connectivity index (χ1) is 7.38. The molecule has 1 N–H and O–H groups in total. The Morgan fingerprint density at radius 2 is 2.20 bits per heavy atom. The summed E-state index contributed by atoms with van der Waals surface area (Å²) >= 11 is 1.59. The van der Waals surface area contributed by atoms with E-state index in [0.717, 1.165) is 11.0 Å². The maximum absolute atomic E-state index is 4.02. The average Bonchev–Trinajstić information content (AvgIpc) is 2.74. The van der Waals surface area contributed by atoms with E-state index in [2.05, 4.69) is 22.4 Å². The molecule has 0 aliphatic heterocycles. The van der Waals surface area contributed by atoms with Crippen molar-refractivity contribution in [1.29, 1.82) is 0 Å². The molecule has 0 bridgehead atoms. The number of nitrogens with zero attached hydrogens (tertiary/aromatic N) is 2. The lowest BCUT2D eigenvalue weighted by Crippen LogP contribution is -2.25. The Morgan fingerprint density at radius 1 is 1.40 bits per heavy atom. The number of nitrogens with one attached hydrogen (secondary N) is 1. The van der Waals surface area contributed by atoms with Crippen molar-refractivity contribution in [3.63, 3.8) is 0 Å². The molecule has 1 aromatic heterocycles. The van der Waals surface area contributed by atoms with E-state index in [1.165, 1.54) is 38.5 Å². The molecule has 1 aromatic rings. The van der Waals surface area contributed by atoms with Crippen LogP contribution in [-0.4, -0.2) is 16.2 Å². The van der Waals surface area contributed by atoms with Crippen LogP contribution in [0, 0.1) is 5.92 Å². The Hall–Kier alpha value is -0.640. The summed E-state index contributed by atoms with van der Waals surface area (Å²) in [4.78, 5) is 0. The molecule has 1 heterocycles. The normalized spacial score (nSPS) is 26.5. The predicted molar refractivity (Wildman–Crippen MR) is 64.2 cm³/mol. The van der Waals surface area contributed by atoms with Gasteiger partial charge in [-0.2, -0.15) is 0 Å². The fourth-order valence-electron chi connectivity index (χ4n) is 2.41. The summed E-state index contributed by atoms with van der Waals surface area (Å²) < 4.78 is 0. The van der Waals surface area contributed by atoms with Crippen molar-refractivity contribution in [1.82, 2.24) is 10.2 Å². The molecule has 4 heteroatoms. The number of aromatic nitrogens is 2. The average molecular weight is 225 g/mol. The van der Waals surface area contributed by atoms with Gasteiger partial charge in [-0.25, -0.2) is 0 Å². The zero-order valence-electron chi connectivity index (χ0n) is 9.28. The van der Waals surface area contributed by atoms with Gasteiger partial charge < -0.3 is 5.32 Å². The van der Waals surface area contributed by atoms with Gasteiger partial charge >= 0.3 is 0 Å². The van der Waals surface area contributed by atoms with Gasteiger partial charge in [0.1, 0.15) is 5.51 Å². The second kappa shape index (κ2) is 5.45. The zero-order valence-corrected chi connectivity index (χ0v) is 10.1. The minimum atomic E-state index is 0.631. The summed E-state index contributed by atoms with van der Waals surface area (Å²) in [6.45, 7) is 2.28. The standard InChI is InChI=1S/C11H19N3S/c1-2-3-9-4-6-10(7-5-9)13-11-14-12-8-15-11/h8-10H,2-7H2,1H3,(H,13,14). The van der Waals surface area contributed by atoms with Crippen molar-refractivity contribution in [3.05, 3.63) is 5.51 Å². The lowest BCUT2D eigenvalue weighted by atomic mass is 9.83. The molecule has 15 heavy (non-hydrogen) atoms. The van der Waals surface area contributed by atoms with Crippen molar-refractivity contribution >= 4 is 16.5 Å². The first-order valence-corrected chi connectivity index (χ1v) is 6.79. The number of anilines is 1. The highest BCUT2D eigenvalue weighted by atomic mass is 32.1. The first kappa shape index (κ1) is 10.9. The third-order valence-electron chi connectivity index (χ3n) is 3.23. The highest BCUT2D eigenvalue weighted by Gasteiger charge is 2.20. The van der Waals surface area contributed by atoms with E-state index in [4.69, 9.17) is 0 Å². The van der Waals surface area contributed by atoms with E-state index in [-0.39, 0.29) is 0 Å². The molecule has 1 fully saturated rings.